The van der Waals surface area contributed by atoms with Gasteiger partial charge in [-0.15, -0.1) is 0 Å². The van der Waals surface area contributed by atoms with Crippen LogP contribution >= 0.6 is 0 Å². The molecule has 0 spiro atoms. The Balaban J connectivity index is 2.88. The molecule has 0 aliphatic rings. The second-order valence-corrected chi connectivity index (χ2v) is 3.26. The number of rotatable bonds is 5. The molecule has 82 valence electrons. The quantitative estimate of drug-likeness (QED) is 0.719. The molecule has 16 heavy (non-hydrogen) atoms. The van der Waals surface area contributed by atoms with E-state index in [1.165, 1.54) is 0 Å². The Morgan fingerprint density at radius 2 is 2.06 bits per heavy atom. The minimum absolute atomic E-state index is 0.131. The lowest BCUT2D eigenvalue weighted by atomic mass is 10.1. The zero-order valence-corrected chi connectivity index (χ0v) is 8.87. The zero-order chi connectivity index (χ0) is 11.8. The summed E-state index contributed by atoms with van der Waals surface area (Å²) in [7, 11) is 0. The standard InChI is InChI=1S/C11H13N5/c12-3-6-16(7-4-13)11(8-14)10-2-1-5-15-9-10/h1-2,5,9,11H,6-8,14H2. The van der Waals surface area contributed by atoms with Crippen LogP contribution in [0.3, 0.4) is 0 Å². The molecule has 5 heteroatoms. The number of pyridine rings is 1. The average molecular weight is 215 g/mol. The van der Waals surface area contributed by atoms with E-state index < -0.39 is 0 Å². The van der Waals surface area contributed by atoms with Crippen LogP contribution in [0, 0.1) is 22.7 Å². The Labute approximate surface area is 94.7 Å². The van der Waals surface area contributed by atoms with Crippen molar-refractivity contribution in [2.75, 3.05) is 19.6 Å². The maximum absolute atomic E-state index is 8.70. The van der Waals surface area contributed by atoms with Crippen LogP contribution < -0.4 is 5.73 Å². The molecule has 0 fully saturated rings. The number of hydrogen-bond acceptors (Lipinski definition) is 5. The lowest BCUT2D eigenvalue weighted by molar-refractivity contribution is 0.254. The highest BCUT2D eigenvalue weighted by Crippen LogP contribution is 2.17. The van der Waals surface area contributed by atoms with Crippen molar-refractivity contribution in [3.63, 3.8) is 0 Å². The van der Waals surface area contributed by atoms with Crippen LogP contribution in [0.4, 0.5) is 0 Å². The first-order valence-corrected chi connectivity index (χ1v) is 4.91. The van der Waals surface area contributed by atoms with Crippen LogP contribution in [-0.4, -0.2) is 29.5 Å². The van der Waals surface area contributed by atoms with E-state index in [-0.39, 0.29) is 19.1 Å². The third kappa shape index (κ3) is 3.03. The highest BCUT2D eigenvalue weighted by Gasteiger charge is 2.18. The van der Waals surface area contributed by atoms with Gasteiger partial charge in [-0.2, -0.15) is 10.5 Å². The van der Waals surface area contributed by atoms with Gasteiger partial charge in [-0.25, -0.2) is 0 Å². The van der Waals surface area contributed by atoms with Crippen LogP contribution in [0.5, 0.6) is 0 Å². The van der Waals surface area contributed by atoms with Gasteiger partial charge in [0.15, 0.2) is 0 Å². The Hall–Kier alpha value is -1.95. The van der Waals surface area contributed by atoms with Crippen molar-refractivity contribution in [2.24, 2.45) is 5.73 Å². The molecule has 1 unspecified atom stereocenters. The maximum Gasteiger partial charge on any atom is 0.0879 e. The van der Waals surface area contributed by atoms with Crippen molar-refractivity contribution in [1.29, 1.82) is 10.5 Å². The van der Waals surface area contributed by atoms with Crippen LogP contribution in [0.15, 0.2) is 24.5 Å². The lowest BCUT2D eigenvalue weighted by Crippen LogP contribution is -2.34. The maximum atomic E-state index is 8.70. The highest BCUT2D eigenvalue weighted by atomic mass is 15.2. The summed E-state index contributed by atoms with van der Waals surface area (Å²) in [6, 6.07) is 7.65. The van der Waals surface area contributed by atoms with Gasteiger partial charge in [0.25, 0.3) is 0 Å². The fourth-order valence-electron chi connectivity index (χ4n) is 1.53. The monoisotopic (exact) mass is 215 g/mol. The van der Waals surface area contributed by atoms with Gasteiger partial charge in [0, 0.05) is 18.9 Å². The van der Waals surface area contributed by atoms with E-state index in [0.29, 0.717) is 6.54 Å². The molecule has 0 bridgehead atoms. The summed E-state index contributed by atoms with van der Waals surface area (Å²) in [6.07, 6.45) is 3.38. The molecular weight excluding hydrogens is 202 g/mol. The van der Waals surface area contributed by atoms with Crippen molar-refractivity contribution in [3.8, 4) is 12.1 Å². The third-order valence-electron chi connectivity index (χ3n) is 2.28. The minimum atomic E-state index is -0.131. The van der Waals surface area contributed by atoms with Gasteiger partial charge in [-0.1, -0.05) is 6.07 Å². The van der Waals surface area contributed by atoms with E-state index in [0.717, 1.165) is 5.56 Å². The van der Waals surface area contributed by atoms with E-state index >= 15 is 0 Å². The van der Waals surface area contributed by atoms with Gasteiger partial charge in [0.1, 0.15) is 0 Å². The average Bonchev–Trinajstić information content (AvgIpc) is 2.32. The molecule has 0 saturated heterocycles. The molecule has 0 aliphatic heterocycles. The number of nitrogens with zero attached hydrogens (tertiary/aromatic N) is 4. The second kappa shape index (κ2) is 6.52. The van der Waals surface area contributed by atoms with Gasteiger partial charge < -0.3 is 5.73 Å². The summed E-state index contributed by atoms with van der Waals surface area (Å²) in [5, 5.41) is 17.4. The van der Waals surface area contributed by atoms with E-state index in [9.17, 15) is 0 Å². The molecule has 2 N–H and O–H groups in total. The predicted octanol–water partition coefficient (Wildman–Crippen LogP) is 0.431. The van der Waals surface area contributed by atoms with E-state index in [2.05, 4.69) is 4.98 Å². The van der Waals surface area contributed by atoms with Crippen molar-refractivity contribution >= 4 is 0 Å². The Kier molecular flexibility index (Phi) is 4.94. The van der Waals surface area contributed by atoms with Crippen LogP contribution in [0.2, 0.25) is 0 Å². The first-order chi connectivity index (χ1) is 7.83. The second-order valence-electron chi connectivity index (χ2n) is 3.26. The lowest BCUT2D eigenvalue weighted by Gasteiger charge is -2.26. The van der Waals surface area contributed by atoms with Gasteiger partial charge in [-0.05, 0) is 11.6 Å². The highest BCUT2D eigenvalue weighted by molar-refractivity contribution is 5.15. The number of aromatic nitrogens is 1. The van der Waals surface area contributed by atoms with Crippen molar-refractivity contribution in [2.45, 2.75) is 6.04 Å². The minimum Gasteiger partial charge on any atom is -0.329 e. The third-order valence-corrected chi connectivity index (χ3v) is 2.28. The van der Waals surface area contributed by atoms with Gasteiger partial charge in [0.05, 0.1) is 31.3 Å². The smallest absolute Gasteiger partial charge is 0.0879 e. The van der Waals surface area contributed by atoms with Crippen molar-refractivity contribution in [1.82, 2.24) is 9.88 Å². The predicted molar refractivity (Wildman–Crippen MR) is 58.8 cm³/mol. The normalized spacial score (nSPS) is 11.8. The van der Waals surface area contributed by atoms with Crippen LogP contribution in [-0.2, 0) is 0 Å². The van der Waals surface area contributed by atoms with Crippen LogP contribution in [0.25, 0.3) is 0 Å². The topological polar surface area (TPSA) is 89.7 Å². The van der Waals surface area contributed by atoms with Gasteiger partial charge >= 0.3 is 0 Å². The molecule has 1 rings (SSSR count). The summed E-state index contributed by atoms with van der Waals surface area (Å²) in [6.45, 7) is 0.726. The first kappa shape index (κ1) is 12.1. The molecule has 1 aromatic heterocycles. The summed E-state index contributed by atoms with van der Waals surface area (Å²) >= 11 is 0. The Bertz CT molecular complexity index is 373. The summed E-state index contributed by atoms with van der Waals surface area (Å²) in [5.74, 6) is 0. The van der Waals surface area contributed by atoms with E-state index in [1.54, 1.807) is 17.3 Å². The molecule has 1 atom stereocenters. The molecule has 0 aromatic carbocycles. The molecule has 1 heterocycles. The number of nitriles is 2. The van der Waals surface area contributed by atoms with Crippen molar-refractivity contribution < 1.29 is 0 Å². The molecule has 0 aliphatic carbocycles. The molecule has 0 saturated carbocycles. The fraction of sp³-hybridized carbons (Fsp3) is 0.364. The Morgan fingerprint density at radius 1 is 1.38 bits per heavy atom. The molecular formula is C11H13N5. The van der Waals surface area contributed by atoms with Crippen LogP contribution in [0.1, 0.15) is 11.6 Å². The summed E-state index contributed by atoms with van der Waals surface area (Å²) < 4.78 is 0. The zero-order valence-electron chi connectivity index (χ0n) is 8.87. The molecule has 1 aromatic rings. The fourth-order valence-corrected chi connectivity index (χ4v) is 1.53. The Morgan fingerprint density at radius 3 is 2.50 bits per heavy atom. The number of hydrogen-bond donors (Lipinski definition) is 1. The molecule has 0 radical (unpaired) electrons. The molecule has 0 amide bonds. The number of nitrogens with two attached hydrogens (primary N) is 1. The molecule has 5 nitrogen and oxygen atoms in total. The summed E-state index contributed by atoms with van der Waals surface area (Å²) in [4.78, 5) is 5.74. The summed E-state index contributed by atoms with van der Waals surface area (Å²) in [5.41, 5.74) is 6.60. The van der Waals surface area contributed by atoms with Gasteiger partial charge in [-0.3, -0.25) is 9.88 Å². The largest absolute Gasteiger partial charge is 0.329 e. The first-order valence-electron chi connectivity index (χ1n) is 4.91. The van der Waals surface area contributed by atoms with Gasteiger partial charge in [0.2, 0.25) is 0 Å². The van der Waals surface area contributed by atoms with Crippen molar-refractivity contribution in [3.05, 3.63) is 30.1 Å². The SMILES string of the molecule is N#CCN(CC#N)C(CN)c1cccnc1. The van der Waals surface area contributed by atoms with E-state index in [1.807, 2.05) is 24.3 Å². The van der Waals surface area contributed by atoms with E-state index in [4.69, 9.17) is 16.3 Å².